The summed E-state index contributed by atoms with van der Waals surface area (Å²) in [5, 5.41) is 7.66. The standard InChI is InChI=1S/C13H18N4O/c18-12(10-8-13(10)3-5-14-9-13)16-6-1-7-17-11(16)2-4-15-17/h2,4,10,14H,1,3,5-9H2. The van der Waals surface area contributed by atoms with E-state index in [4.69, 9.17) is 0 Å². The molecule has 5 heteroatoms. The van der Waals surface area contributed by atoms with Crippen molar-refractivity contribution in [3.05, 3.63) is 12.3 Å². The zero-order chi connectivity index (χ0) is 12.2. The molecule has 5 nitrogen and oxygen atoms in total. The van der Waals surface area contributed by atoms with E-state index < -0.39 is 0 Å². The Morgan fingerprint density at radius 2 is 2.44 bits per heavy atom. The van der Waals surface area contributed by atoms with Gasteiger partial charge in [-0.05, 0) is 31.2 Å². The fourth-order valence-corrected chi connectivity index (χ4v) is 3.56. The Bertz CT molecular complexity index is 489. The second kappa shape index (κ2) is 3.57. The van der Waals surface area contributed by atoms with Gasteiger partial charge in [0.1, 0.15) is 5.82 Å². The number of fused-ring (bicyclic) bond motifs is 1. The van der Waals surface area contributed by atoms with E-state index >= 15 is 0 Å². The number of carbonyl (C=O) groups excluding carboxylic acids is 1. The molecule has 1 aliphatic carbocycles. The second-order valence-electron chi connectivity index (χ2n) is 5.80. The Labute approximate surface area is 106 Å². The first-order valence-electron chi connectivity index (χ1n) is 6.84. The van der Waals surface area contributed by atoms with E-state index in [2.05, 4.69) is 10.4 Å². The van der Waals surface area contributed by atoms with Crippen molar-refractivity contribution in [3.63, 3.8) is 0 Å². The lowest BCUT2D eigenvalue weighted by Gasteiger charge is -2.28. The Balaban J connectivity index is 1.57. The molecule has 1 saturated carbocycles. The van der Waals surface area contributed by atoms with Crippen LogP contribution in [0.25, 0.3) is 0 Å². The SMILES string of the molecule is O=C(C1CC12CCNC2)N1CCCn2nccc21. The molecule has 1 aromatic rings. The Kier molecular flexibility index (Phi) is 2.09. The van der Waals surface area contributed by atoms with Gasteiger partial charge in [-0.1, -0.05) is 0 Å². The first-order valence-corrected chi connectivity index (χ1v) is 6.84. The molecular formula is C13H18N4O. The van der Waals surface area contributed by atoms with Gasteiger partial charge in [-0.25, -0.2) is 4.68 Å². The maximum absolute atomic E-state index is 12.6. The highest BCUT2D eigenvalue weighted by Gasteiger charge is 2.60. The number of hydrogen-bond donors (Lipinski definition) is 1. The number of carbonyl (C=O) groups is 1. The summed E-state index contributed by atoms with van der Waals surface area (Å²) in [5.41, 5.74) is 0.291. The monoisotopic (exact) mass is 246 g/mol. The van der Waals surface area contributed by atoms with Gasteiger partial charge in [-0.15, -0.1) is 0 Å². The van der Waals surface area contributed by atoms with Crippen LogP contribution >= 0.6 is 0 Å². The van der Waals surface area contributed by atoms with Gasteiger partial charge in [0.2, 0.25) is 5.91 Å². The van der Waals surface area contributed by atoms with Gasteiger partial charge in [0.25, 0.3) is 0 Å². The van der Waals surface area contributed by atoms with Crippen molar-refractivity contribution in [2.45, 2.75) is 25.8 Å². The number of hydrogen-bond acceptors (Lipinski definition) is 3. The highest BCUT2D eigenvalue weighted by Crippen LogP contribution is 2.57. The zero-order valence-electron chi connectivity index (χ0n) is 10.4. The van der Waals surface area contributed by atoms with Crippen LogP contribution in [0.1, 0.15) is 19.3 Å². The Morgan fingerprint density at radius 3 is 3.28 bits per heavy atom. The van der Waals surface area contributed by atoms with E-state index in [9.17, 15) is 4.79 Å². The first-order chi connectivity index (χ1) is 8.80. The van der Waals surface area contributed by atoms with Crippen LogP contribution in [0.3, 0.4) is 0 Å². The number of amides is 1. The predicted octanol–water partition coefficient (Wildman–Crippen LogP) is 0.619. The van der Waals surface area contributed by atoms with Crippen molar-refractivity contribution >= 4 is 11.7 Å². The lowest BCUT2D eigenvalue weighted by atomic mass is 10.0. The van der Waals surface area contributed by atoms with Crippen molar-refractivity contribution in [3.8, 4) is 0 Å². The highest BCUT2D eigenvalue weighted by molar-refractivity contribution is 5.97. The average Bonchev–Trinajstić information content (AvgIpc) is 2.78. The number of rotatable bonds is 1. The molecule has 2 atom stereocenters. The normalized spacial score (nSPS) is 33.8. The summed E-state index contributed by atoms with van der Waals surface area (Å²) in [6, 6.07) is 1.96. The van der Waals surface area contributed by atoms with Crippen molar-refractivity contribution in [1.29, 1.82) is 0 Å². The number of aromatic nitrogens is 2. The van der Waals surface area contributed by atoms with Crippen LogP contribution in [0.4, 0.5) is 5.82 Å². The molecule has 1 N–H and O–H groups in total. The van der Waals surface area contributed by atoms with Gasteiger partial charge in [0, 0.05) is 31.6 Å². The molecule has 4 rings (SSSR count). The minimum Gasteiger partial charge on any atom is -0.316 e. The molecule has 0 radical (unpaired) electrons. The van der Waals surface area contributed by atoms with Crippen LogP contribution in [0.5, 0.6) is 0 Å². The van der Waals surface area contributed by atoms with Crippen LogP contribution in [-0.4, -0.2) is 35.3 Å². The fraction of sp³-hybridized carbons (Fsp3) is 0.692. The fourth-order valence-electron chi connectivity index (χ4n) is 3.56. The molecule has 1 amide bonds. The summed E-state index contributed by atoms with van der Waals surface area (Å²) in [7, 11) is 0. The maximum Gasteiger partial charge on any atom is 0.231 e. The molecule has 2 unspecified atom stereocenters. The first kappa shape index (κ1) is 10.6. The third kappa shape index (κ3) is 1.37. The molecule has 1 aromatic heterocycles. The Morgan fingerprint density at radius 1 is 1.50 bits per heavy atom. The number of anilines is 1. The number of nitrogens with one attached hydrogen (secondary N) is 1. The molecule has 3 aliphatic rings. The molecule has 18 heavy (non-hydrogen) atoms. The van der Waals surface area contributed by atoms with Crippen molar-refractivity contribution in [2.75, 3.05) is 24.5 Å². The maximum atomic E-state index is 12.6. The summed E-state index contributed by atoms with van der Waals surface area (Å²) < 4.78 is 1.95. The van der Waals surface area contributed by atoms with Gasteiger partial charge in [0.05, 0.1) is 6.20 Å². The van der Waals surface area contributed by atoms with E-state index in [-0.39, 0.29) is 5.92 Å². The van der Waals surface area contributed by atoms with E-state index in [0.717, 1.165) is 51.3 Å². The number of aryl methyl sites for hydroxylation is 1. The average molecular weight is 246 g/mol. The zero-order valence-corrected chi connectivity index (χ0v) is 10.4. The van der Waals surface area contributed by atoms with Gasteiger partial charge >= 0.3 is 0 Å². The quantitative estimate of drug-likeness (QED) is 0.790. The van der Waals surface area contributed by atoms with Crippen LogP contribution < -0.4 is 10.2 Å². The largest absolute Gasteiger partial charge is 0.316 e. The van der Waals surface area contributed by atoms with Crippen molar-refractivity contribution < 1.29 is 4.79 Å². The minimum atomic E-state index is 0.244. The van der Waals surface area contributed by atoms with Gasteiger partial charge < -0.3 is 5.32 Å². The van der Waals surface area contributed by atoms with Crippen molar-refractivity contribution in [1.82, 2.24) is 15.1 Å². The molecule has 2 aliphatic heterocycles. The van der Waals surface area contributed by atoms with Gasteiger partial charge in [-0.2, -0.15) is 5.10 Å². The third-order valence-electron chi connectivity index (χ3n) is 4.75. The summed E-state index contributed by atoms with van der Waals surface area (Å²) in [6.45, 7) is 3.88. The van der Waals surface area contributed by atoms with E-state index in [1.165, 1.54) is 0 Å². The third-order valence-corrected chi connectivity index (χ3v) is 4.75. The summed E-state index contributed by atoms with van der Waals surface area (Å²) in [5.74, 6) is 1.55. The lowest BCUT2D eigenvalue weighted by molar-refractivity contribution is -0.120. The predicted molar refractivity (Wildman–Crippen MR) is 67.2 cm³/mol. The molecule has 1 saturated heterocycles. The summed E-state index contributed by atoms with van der Waals surface area (Å²) >= 11 is 0. The topological polar surface area (TPSA) is 50.2 Å². The molecule has 0 aromatic carbocycles. The van der Waals surface area contributed by atoms with Gasteiger partial charge in [0.15, 0.2) is 0 Å². The van der Waals surface area contributed by atoms with Crippen molar-refractivity contribution in [2.24, 2.45) is 11.3 Å². The van der Waals surface area contributed by atoms with Gasteiger partial charge in [-0.3, -0.25) is 9.69 Å². The molecule has 1 spiro atoms. The molecule has 96 valence electrons. The van der Waals surface area contributed by atoms with Crippen LogP contribution in [0.15, 0.2) is 12.3 Å². The smallest absolute Gasteiger partial charge is 0.231 e. The molecule has 2 fully saturated rings. The van der Waals surface area contributed by atoms with Crippen LogP contribution in [-0.2, 0) is 11.3 Å². The highest BCUT2D eigenvalue weighted by atomic mass is 16.2. The van der Waals surface area contributed by atoms with E-state index in [1.807, 2.05) is 15.6 Å². The van der Waals surface area contributed by atoms with Crippen LogP contribution in [0.2, 0.25) is 0 Å². The van der Waals surface area contributed by atoms with E-state index in [0.29, 0.717) is 11.3 Å². The number of nitrogens with zero attached hydrogens (tertiary/aromatic N) is 3. The van der Waals surface area contributed by atoms with Crippen LogP contribution in [0, 0.1) is 11.3 Å². The second-order valence-corrected chi connectivity index (χ2v) is 5.80. The molecule has 0 bridgehead atoms. The van der Waals surface area contributed by atoms with E-state index in [1.54, 1.807) is 6.20 Å². The Hall–Kier alpha value is -1.36. The summed E-state index contributed by atoms with van der Waals surface area (Å²) in [6.07, 6.45) is 5.04. The molecular weight excluding hydrogens is 228 g/mol. The lowest BCUT2D eigenvalue weighted by Crippen LogP contribution is -2.39. The minimum absolute atomic E-state index is 0.244. The molecule has 3 heterocycles. The summed E-state index contributed by atoms with van der Waals surface area (Å²) in [4.78, 5) is 14.6.